The van der Waals surface area contributed by atoms with Gasteiger partial charge in [-0.3, -0.25) is 14.4 Å². The van der Waals surface area contributed by atoms with Crippen LogP contribution in [-0.4, -0.2) is 30.3 Å². The summed E-state index contributed by atoms with van der Waals surface area (Å²) in [5.41, 5.74) is 2.18. The summed E-state index contributed by atoms with van der Waals surface area (Å²) < 4.78 is 0. The number of hydrogen-bond acceptors (Lipinski definition) is 3. The zero-order valence-corrected chi connectivity index (χ0v) is 14.9. The molecular weight excluding hydrogens is 342 g/mol. The number of para-hydroxylation sites is 1. The number of nitrogens with zero attached hydrogens (tertiary/aromatic N) is 1. The highest BCUT2D eigenvalue weighted by Gasteiger charge is 2.33. The van der Waals surface area contributed by atoms with Crippen molar-refractivity contribution in [2.75, 3.05) is 16.8 Å². The average molecular weight is 363 g/mol. The van der Waals surface area contributed by atoms with Crippen molar-refractivity contribution in [3.63, 3.8) is 0 Å². The van der Waals surface area contributed by atoms with Gasteiger partial charge in [0.05, 0.1) is 6.42 Å². The van der Waals surface area contributed by atoms with Gasteiger partial charge in [-0.1, -0.05) is 36.9 Å². The molecule has 3 rings (SSSR count). The number of amides is 3. The van der Waals surface area contributed by atoms with Crippen LogP contribution in [0.5, 0.6) is 0 Å². The third kappa shape index (κ3) is 4.61. The SMILES string of the molecule is C=CC(=O)Nc1cccc(CC(=O)NC2CCN(c3ccccc3)C2=O)c1. The van der Waals surface area contributed by atoms with E-state index in [0.717, 1.165) is 11.3 Å². The molecule has 3 amide bonds. The quantitative estimate of drug-likeness (QED) is 0.773. The van der Waals surface area contributed by atoms with Gasteiger partial charge in [-0.15, -0.1) is 0 Å². The molecule has 1 heterocycles. The van der Waals surface area contributed by atoms with Gasteiger partial charge in [-0.2, -0.15) is 0 Å². The van der Waals surface area contributed by atoms with Crippen molar-refractivity contribution < 1.29 is 14.4 Å². The van der Waals surface area contributed by atoms with Crippen LogP contribution in [0.4, 0.5) is 11.4 Å². The molecule has 0 spiro atoms. The normalized spacial score (nSPS) is 16.1. The molecule has 0 bridgehead atoms. The molecule has 2 aromatic carbocycles. The van der Waals surface area contributed by atoms with Gasteiger partial charge in [0.2, 0.25) is 17.7 Å². The van der Waals surface area contributed by atoms with Crippen LogP contribution in [0.1, 0.15) is 12.0 Å². The summed E-state index contributed by atoms with van der Waals surface area (Å²) in [7, 11) is 0. The van der Waals surface area contributed by atoms with Gasteiger partial charge in [0.15, 0.2) is 0 Å². The zero-order chi connectivity index (χ0) is 19.2. The maximum atomic E-state index is 12.6. The van der Waals surface area contributed by atoms with Crippen molar-refractivity contribution in [2.45, 2.75) is 18.9 Å². The van der Waals surface area contributed by atoms with E-state index < -0.39 is 6.04 Å². The number of carbonyl (C=O) groups is 3. The van der Waals surface area contributed by atoms with Crippen LogP contribution in [-0.2, 0) is 20.8 Å². The topological polar surface area (TPSA) is 78.5 Å². The lowest BCUT2D eigenvalue weighted by Gasteiger charge is -2.17. The molecule has 1 atom stereocenters. The monoisotopic (exact) mass is 363 g/mol. The summed E-state index contributed by atoms with van der Waals surface area (Å²) in [5.74, 6) is -0.633. The highest BCUT2D eigenvalue weighted by molar-refractivity contribution is 6.01. The minimum Gasteiger partial charge on any atom is -0.344 e. The third-order valence-electron chi connectivity index (χ3n) is 4.35. The Morgan fingerprint density at radius 2 is 1.93 bits per heavy atom. The largest absolute Gasteiger partial charge is 0.344 e. The number of nitrogens with one attached hydrogen (secondary N) is 2. The molecule has 1 aliphatic heterocycles. The highest BCUT2D eigenvalue weighted by atomic mass is 16.2. The van der Waals surface area contributed by atoms with E-state index in [1.807, 2.05) is 30.3 Å². The second-order valence-corrected chi connectivity index (χ2v) is 6.30. The van der Waals surface area contributed by atoms with E-state index in [1.54, 1.807) is 29.2 Å². The molecule has 27 heavy (non-hydrogen) atoms. The van der Waals surface area contributed by atoms with E-state index in [-0.39, 0.29) is 24.1 Å². The predicted molar refractivity (Wildman–Crippen MR) is 104 cm³/mol. The van der Waals surface area contributed by atoms with Crippen LogP contribution in [0.2, 0.25) is 0 Å². The molecule has 0 saturated carbocycles. The second-order valence-electron chi connectivity index (χ2n) is 6.30. The number of carbonyl (C=O) groups excluding carboxylic acids is 3. The number of hydrogen-bond donors (Lipinski definition) is 2. The lowest BCUT2D eigenvalue weighted by atomic mass is 10.1. The highest BCUT2D eigenvalue weighted by Crippen LogP contribution is 2.21. The van der Waals surface area contributed by atoms with E-state index in [4.69, 9.17) is 0 Å². The van der Waals surface area contributed by atoms with Gasteiger partial charge in [0, 0.05) is 17.9 Å². The molecule has 138 valence electrons. The molecular formula is C21H21N3O3. The fourth-order valence-corrected chi connectivity index (χ4v) is 3.06. The van der Waals surface area contributed by atoms with Crippen LogP contribution >= 0.6 is 0 Å². The minimum atomic E-state index is -0.513. The van der Waals surface area contributed by atoms with Crippen molar-refractivity contribution in [2.24, 2.45) is 0 Å². The first-order chi connectivity index (χ1) is 13.1. The smallest absolute Gasteiger partial charge is 0.249 e. The van der Waals surface area contributed by atoms with Gasteiger partial charge in [-0.05, 0) is 42.3 Å². The van der Waals surface area contributed by atoms with Gasteiger partial charge in [-0.25, -0.2) is 0 Å². The number of benzene rings is 2. The van der Waals surface area contributed by atoms with Crippen LogP contribution in [0.15, 0.2) is 67.3 Å². The molecule has 0 radical (unpaired) electrons. The Morgan fingerprint density at radius 3 is 2.67 bits per heavy atom. The minimum absolute atomic E-state index is 0.0958. The standard InChI is InChI=1S/C21H21N3O3/c1-2-19(25)22-16-8-6-7-15(13-16)14-20(26)23-18-11-12-24(21(18)27)17-9-4-3-5-10-17/h2-10,13,18H,1,11-12,14H2,(H,22,25)(H,23,26). The van der Waals surface area contributed by atoms with Gasteiger partial charge >= 0.3 is 0 Å². The fraction of sp³-hybridized carbons (Fsp3) is 0.190. The maximum Gasteiger partial charge on any atom is 0.249 e. The van der Waals surface area contributed by atoms with E-state index in [9.17, 15) is 14.4 Å². The van der Waals surface area contributed by atoms with Crippen LogP contribution in [0.3, 0.4) is 0 Å². The Hall–Kier alpha value is -3.41. The molecule has 6 nitrogen and oxygen atoms in total. The summed E-state index contributed by atoms with van der Waals surface area (Å²) in [6.07, 6.45) is 1.89. The summed E-state index contributed by atoms with van der Waals surface area (Å²) in [6, 6.07) is 15.9. The molecule has 2 N–H and O–H groups in total. The molecule has 1 saturated heterocycles. The van der Waals surface area contributed by atoms with Crippen molar-refractivity contribution in [3.05, 3.63) is 72.8 Å². The summed E-state index contributed by atoms with van der Waals surface area (Å²) >= 11 is 0. The first-order valence-corrected chi connectivity index (χ1v) is 8.75. The molecule has 0 aromatic heterocycles. The van der Waals surface area contributed by atoms with E-state index in [2.05, 4.69) is 17.2 Å². The Balaban J connectivity index is 1.58. The molecule has 1 aliphatic rings. The van der Waals surface area contributed by atoms with E-state index >= 15 is 0 Å². The molecule has 1 fully saturated rings. The van der Waals surface area contributed by atoms with Crippen LogP contribution < -0.4 is 15.5 Å². The van der Waals surface area contributed by atoms with Crippen molar-refractivity contribution in [3.8, 4) is 0 Å². The van der Waals surface area contributed by atoms with Gasteiger partial charge in [0.25, 0.3) is 0 Å². The van der Waals surface area contributed by atoms with Crippen molar-refractivity contribution in [1.29, 1.82) is 0 Å². The van der Waals surface area contributed by atoms with Crippen LogP contribution in [0, 0.1) is 0 Å². The van der Waals surface area contributed by atoms with Gasteiger partial charge < -0.3 is 15.5 Å². The second kappa shape index (κ2) is 8.31. The molecule has 1 unspecified atom stereocenters. The number of anilines is 2. The summed E-state index contributed by atoms with van der Waals surface area (Å²) in [6.45, 7) is 3.99. The lowest BCUT2D eigenvalue weighted by Crippen LogP contribution is -2.42. The van der Waals surface area contributed by atoms with E-state index in [0.29, 0.717) is 18.7 Å². The van der Waals surface area contributed by atoms with Gasteiger partial charge in [0.1, 0.15) is 6.04 Å². The Labute approximate surface area is 157 Å². The zero-order valence-electron chi connectivity index (χ0n) is 14.9. The van der Waals surface area contributed by atoms with Crippen LogP contribution in [0.25, 0.3) is 0 Å². The third-order valence-corrected chi connectivity index (χ3v) is 4.35. The average Bonchev–Trinajstić information content (AvgIpc) is 3.03. The number of rotatable bonds is 6. The predicted octanol–water partition coefficient (Wildman–Crippen LogP) is 2.28. The van der Waals surface area contributed by atoms with Crippen molar-refractivity contribution >= 4 is 29.1 Å². The van der Waals surface area contributed by atoms with Crippen molar-refractivity contribution in [1.82, 2.24) is 5.32 Å². The Morgan fingerprint density at radius 1 is 1.15 bits per heavy atom. The maximum absolute atomic E-state index is 12.6. The van der Waals surface area contributed by atoms with E-state index in [1.165, 1.54) is 6.08 Å². The lowest BCUT2D eigenvalue weighted by molar-refractivity contribution is -0.126. The Bertz CT molecular complexity index is 864. The molecule has 0 aliphatic carbocycles. The summed E-state index contributed by atoms with van der Waals surface area (Å²) in [5, 5.41) is 5.47. The fourth-order valence-electron chi connectivity index (χ4n) is 3.06. The molecule has 6 heteroatoms. The first-order valence-electron chi connectivity index (χ1n) is 8.75. The Kier molecular flexibility index (Phi) is 5.66. The molecule has 2 aromatic rings. The summed E-state index contributed by atoms with van der Waals surface area (Å²) in [4.78, 5) is 38.0. The first kappa shape index (κ1) is 18.4.